The molecule has 1 saturated heterocycles. The quantitative estimate of drug-likeness (QED) is 0.571. The van der Waals surface area contributed by atoms with Crippen LogP contribution in [0, 0.1) is 0 Å². The molecule has 0 unspecified atom stereocenters. The fourth-order valence-electron chi connectivity index (χ4n) is 3.50. The predicted octanol–water partition coefficient (Wildman–Crippen LogP) is 5.17. The van der Waals surface area contributed by atoms with Gasteiger partial charge in [0.05, 0.1) is 23.1 Å². The topological polar surface area (TPSA) is 46.6 Å². The van der Waals surface area contributed by atoms with Crippen LogP contribution in [0.25, 0.3) is 0 Å². The first-order valence-electron chi connectivity index (χ1n) is 9.21. The van der Waals surface area contributed by atoms with Crippen molar-refractivity contribution in [1.29, 1.82) is 0 Å². The highest BCUT2D eigenvalue weighted by atomic mass is 32.2. The monoisotopic (exact) mass is 433 g/mol. The Morgan fingerprint density at radius 1 is 0.800 bits per heavy atom. The fraction of sp³-hybridized carbons (Fsp3) is 0.182. The van der Waals surface area contributed by atoms with Crippen molar-refractivity contribution in [3.8, 4) is 0 Å². The first kappa shape index (κ1) is 20.6. The van der Waals surface area contributed by atoms with Crippen molar-refractivity contribution in [2.75, 3.05) is 6.61 Å². The largest absolute Gasteiger partial charge is 0.416 e. The summed E-state index contributed by atoms with van der Waals surface area (Å²) in [5.41, 5.74) is 0.287. The Labute approximate surface area is 172 Å². The van der Waals surface area contributed by atoms with Crippen molar-refractivity contribution in [2.45, 2.75) is 23.3 Å². The van der Waals surface area contributed by atoms with Crippen LogP contribution in [-0.2, 0) is 20.9 Å². The Bertz CT molecular complexity index is 1100. The number of hydrogen-bond donors (Lipinski definition) is 0. The van der Waals surface area contributed by atoms with Gasteiger partial charge in [-0.05, 0) is 35.4 Å². The zero-order valence-electron chi connectivity index (χ0n) is 15.7. The van der Waals surface area contributed by atoms with Crippen LogP contribution >= 0.6 is 0 Å². The predicted molar refractivity (Wildman–Crippen MR) is 105 cm³/mol. The van der Waals surface area contributed by atoms with E-state index >= 15 is 0 Å². The molecule has 0 spiro atoms. The summed E-state index contributed by atoms with van der Waals surface area (Å²) in [4.78, 5) is 0.0911. The molecule has 156 valence electrons. The number of halogens is 3. The van der Waals surface area contributed by atoms with Gasteiger partial charge >= 0.3 is 6.18 Å². The standard InChI is InChI=1S/C22H18F3NO3S/c23-22(24,25)18-13-11-16(12-14-18)20-15-29-21(17-7-3-1-4-8-17)26(20)30(27,28)19-9-5-2-6-10-19/h1-14,20-21H,15H2/t20-,21+/m1/s1. The highest BCUT2D eigenvalue weighted by molar-refractivity contribution is 7.89. The Morgan fingerprint density at radius 2 is 1.37 bits per heavy atom. The molecule has 0 aliphatic carbocycles. The first-order valence-corrected chi connectivity index (χ1v) is 10.6. The fourth-order valence-corrected chi connectivity index (χ4v) is 5.20. The molecular formula is C22H18F3NO3S. The van der Waals surface area contributed by atoms with Crippen molar-refractivity contribution in [1.82, 2.24) is 4.31 Å². The van der Waals surface area contributed by atoms with Crippen molar-refractivity contribution in [2.24, 2.45) is 0 Å². The number of benzene rings is 3. The van der Waals surface area contributed by atoms with Crippen molar-refractivity contribution < 1.29 is 26.3 Å². The van der Waals surface area contributed by atoms with Crippen LogP contribution in [0.4, 0.5) is 13.2 Å². The molecular weight excluding hydrogens is 415 g/mol. The molecule has 0 N–H and O–H groups in total. The number of hydrogen-bond acceptors (Lipinski definition) is 3. The van der Waals surface area contributed by atoms with Gasteiger partial charge < -0.3 is 4.74 Å². The molecule has 1 fully saturated rings. The summed E-state index contributed by atoms with van der Waals surface area (Å²) < 4.78 is 72.9. The molecule has 1 aliphatic heterocycles. The van der Waals surface area contributed by atoms with Gasteiger partial charge in [0.15, 0.2) is 6.23 Å². The molecule has 30 heavy (non-hydrogen) atoms. The van der Waals surface area contributed by atoms with Gasteiger partial charge in [-0.3, -0.25) is 0 Å². The second kappa shape index (κ2) is 7.86. The minimum absolute atomic E-state index is 0.0248. The molecule has 0 radical (unpaired) electrons. The average molecular weight is 433 g/mol. The molecule has 8 heteroatoms. The first-order chi connectivity index (χ1) is 14.3. The Hall–Kier alpha value is -2.68. The van der Waals surface area contributed by atoms with Gasteiger partial charge in [0, 0.05) is 0 Å². The third-order valence-electron chi connectivity index (χ3n) is 4.98. The SMILES string of the molecule is O=S(=O)(c1ccccc1)N1[C@@H](c2ccc(C(F)(F)F)cc2)CO[C@H]1c1ccccc1. The number of rotatable bonds is 4. The number of alkyl halides is 3. The van der Waals surface area contributed by atoms with E-state index in [4.69, 9.17) is 4.74 Å². The van der Waals surface area contributed by atoms with Crippen molar-refractivity contribution in [3.63, 3.8) is 0 Å². The van der Waals surface area contributed by atoms with E-state index < -0.39 is 34.0 Å². The second-order valence-electron chi connectivity index (χ2n) is 6.88. The maximum Gasteiger partial charge on any atom is 0.416 e. The Morgan fingerprint density at radius 3 is 1.93 bits per heavy atom. The lowest BCUT2D eigenvalue weighted by atomic mass is 10.1. The van der Waals surface area contributed by atoms with E-state index in [9.17, 15) is 21.6 Å². The van der Waals surface area contributed by atoms with Crippen LogP contribution in [0.15, 0.2) is 89.8 Å². The molecule has 1 aliphatic rings. The van der Waals surface area contributed by atoms with Crippen LogP contribution in [0.2, 0.25) is 0 Å². The van der Waals surface area contributed by atoms with Gasteiger partial charge in [-0.1, -0.05) is 60.7 Å². The number of ether oxygens (including phenoxy) is 1. The van der Waals surface area contributed by atoms with Gasteiger partial charge in [-0.15, -0.1) is 0 Å². The molecule has 0 aromatic heterocycles. The number of sulfonamides is 1. The summed E-state index contributed by atoms with van der Waals surface area (Å²) in [6.07, 6.45) is -5.35. The molecule has 4 rings (SSSR count). The third kappa shape index (κ3) is 3.86. The maximum absolute atomic E-state index is 13.5. The lowest BCUT2D eigenvalue weighted by Gasteiger charge is -2.28. The van der Waals surface area contributed by atoms with E-state index in [1.807, 2.05) is 6.07 Å². The van der Waals surface area contributed by atoms with Gasteiger partial charge in [-0.25, -0.2) is 8.42 Å². The van der Waals surface area contributed by atoms with Crippen LogP contribution in [0.3, 0.4) is 0 Å². The van der Waals surface area contributed by atoms with Crippen molar-refractivity contribution in [3.05, 3.63) is 102 Å². The summed E-state index contributed by atoms with van der Waals surface area (Å²) in [7, 11) is -3.99. The molecule has 3 aromatic carbocycles. The van der Waals surface area contributed by atoms with Gasteiger partial charge in [0.1, 0.15) is 0 Å². The normalized spacial score (nSPS) is 20.4. The zero-order valence-corrected chi connectivity index (χ0v) is 16.5. The average Bonchev–Trinajstić information content (AvgIpc) is 3.21. The van der Waals surface area contributed by atoms with E-state index in [1.54, 1.807) is 42.5 Å². The number of nitrogens with zero attached hydrogens (tertiary/aromatic N) is 1. The summed E-state index contributed by atoms with van der Waals surface area (Å²) in [6, 6.07) is 20.6. The Kier molecular flexibility index (Phi) is 5.40. The highest BCUT2D eigenvalue weighted by Crippen LogP contribution is 2.43. The minimum atomic E-state index is -4.47. The van der Waals surface area contributed by atoms with E-state index in [1.165, 1.54) is 28.6 Å². The molecule has 3 aromatic rings. The lowest BCUT2D eigenvalue weighted by Crippen LogP contribution is -2.33. The van der Waals surface area contributed by atoms with E-state index in [0.717, 1.165) is 12.1 Å². The Balaban J connectivity index is 1.78. The van der Waals surface area contributed by atoms with Crippen LogP contribution < -0.4 is 0 Å². The second-order valence-corrected chi connectivity index (χ2v) is 8.72. The van der Waals surface area contributed by atoms with Gasteiger partial charge in [-0.2, -0.15) is 17.5 Å². The smallest absolute Gasteiger partial charge is 0.356 e. The lowest BCUT2D eigenvalue weighted by molar-refractivity contribution is -0.137. The molecule has 0 bridgehead atoms. The van der Waals surface area contributed by atoms with E-state index in [-0.39, 0.29) is 11.5 Å². The zero-order chi connectivity index (χ0) is 21.4. The summed E-state index contributed by atoms with van der Waals surface area (Å²) in [5.74, 6) is 0. The highest BCUT2D eigenvalue weighted by Gasteiger charge is 2.45. The molecule has 0 amide bonds. The maximum atomic E-state index is 13.5. The van der Waals surface area contributed by atoms with Crippen molar-refractivity contribution >= 4 is 10.0 Å². The van der Waals surface area contributed by atoms with E-state index in [0.29, 0.717) is 11.1 Å². The van der Waals surface area contributed by atoms with E-state index in [2.05, 4.69) is 0 Å². The van der Waals surface area contributed by atoms with Crippen LogP contribution in [-0.4, -0.2) is 19.3 Å². The molecule has 4 nitrogen and oxygen atoms in total. The van der Waals surface area contributed by atoms with Gasteiger partial charge in [0.25, 0.3) is 0 Å². The van der Waals surface area contributed by atoms with Crippen LogP contribution in [0.1, 0.15) is 29.0 Å². The minimum Gasteiger partial charge on any atom is -0.356 e. The summed E-state index contributed by atoms with van der Waals surface area (Å²) in [5, 5.41) is 0. The molecule has 0 saturated carbocycles. The van der Waals surface area contributed by atoms with Gasteiger partial charge in [0.2, 0.25) is 10.0 Å². The molecule has 1 heterocycles. The third-order valence-corrected chi connectivity index (χ3v) is 6.85. The summed E-state index contributed by atoms with van der Waals surface area (Å²) in [6.45, 7) is 0.0248. The van der Waals surface area contributed by atoms with Crippen LogP contribution in [0.5, 0.6) is 0 Å². The summed E-state index contributed by atoms with van der Waals surface area (Å²) >= 11 is 0. The molecule has 2 atom stereocenters.